The molecule has 0 saturated carbocycles. The van der Waals surface area contributed by atoms with Gasteiger partial charge in [-0.3, -0.25) is 4.79 Å². The first-order valence-corrected chi connectivity index (χ1v) is 6.91. The Bertz CT molecular complexity index is 681. The average Bonchev–Trinajstić information content (AvgIpc) is 2.86. The number of oxazole rings is 1. The van der Waals surface area contributed by atoms with Crippen molar-refractivity contribution < 1.29 is 18.3 Å². The Morgan fingerprint density at radius 2 is 2.33 bits per heavy atom. The zero-order valence-electron chi connectivity index (χ0n) is 11.6. The highest BCUT2D eigenvalue weighted by molar-refractivity contribution is 6.32. The van der Waals surface area contributed by atoms with E-state index in [1.54, 1.807) is 6.07 Å². The van der Waals surface area contributed by atoms with Gasteiger partial charge in [-0.05, 0) is 18.9 Å². The fraction of sp³-hybridized carbons (Fsp3) is 0.333. The number of esters is 1. The van der Waals surface area contributed by atoms with Gasteiger partial charge >= 0.3 is 5.97 Å². The summed E-state index contributed by atoms with van der Waals surface area (Å²) in [7, 11) is 1.35. The van der Waals surface area contributed by atoms with E-state index in [9.17, 15) is 9.18 Å². The van der Waals surface area contributed by atoms with Crippen molar-refractivity contribution in [1.82, 2.24) is 4.98 Å². The molecule has 0 aliphatic carbocycles. The van der Waals surface area contributed by atoms with Crippen molar-refractivity contribution >= 4 is 34.7 Å². The molecule has 0 unspecified atom stereocenters. The quantitative estimate of drug-likeness (QED) is 0.594. The van der Waals surface area contributed by atoms with Gasteiger partial charge in [0.25, 0.3) is 0 Å². The van der Waals surface area contributed by atoms with E-state index in [1.807, 2.05) is 0 Å². The Hall–Kier alpha value is -1.88. The van der Waals surface area contributed by atoms with E-state index < -0.39 is 5.82 Å². The standard InChI is InChI=1S/C15H15ClFNO3/c1-3-9-10(16)8-11-15(14(9)17)21-12(18-11)6-4-5-7-13(19)20-2/h3,8H,1,4-7H2,2H3. The molecule has 0 N–H and O–H groups in total. The second-order valence-corrected chi connectivity index (χ2v) is 4.94. The first kappa shape index (κ1) is 15.5. The van der Waals surface area contributed by atoms with Crippen LogP contribution < -0.4 is 0 Å². The molecular formula is C15H15ClFNO3. The SMILES string of the molecule is C=Cc1c(Cl)cc2nc(CCCCC(=O)OC)oc2c1F. The molecule has 0 spiro atoms. The molecule has 0 aliphatic rings. The van der Waals surface area contributed by atoms with Crippen molar-refractivity contribution in [1.29, 1.82) is 0 Å². The van der Waals surface area contributed by atoms with Crippen molar-refractivity contribution in [3.8, 4) is 0 Å². The summed E-state index contributed by atoms with van der Waals surface area (Å²) in [6.45, 7) is 3.52. The van der Waals surface area contributed by atoms with Crippen LogP contribution in [0.4, 0.5) is 4.39 Å². The number of hydrogen-bond donors (Lipinski definition) is 0. The molecule has 6 heteroatoms. The zero-order chi connectivity index (χ0) is 15.4. The number of halogens is 2. The monoisotopic (exact) mass is 311 g/mol. The lowest BCUT2D eigenvalue weighted by atomic mass is 10.2. The van der Waals surface area contributed by atoms with E-state index in [-0.39, 0.29) is 22.1 Å². The predicted molar refractivity (Wildman–Crippen MR) is 78.6 cm³/mol. The Labute approximate surface area is 126 Å². The third-order valence-electron chi connectivity index (χ3n) is 3.11. The number of methoxy groups -OCH3 is 1. The van der Waals surface area contributed by atoms with E-state index in [0.717, 1.165) is 0 Å². The number of rotatable bonds is 6. The van der Waals surface area contributed by atoms with Gasteiger partial charge < -0.3 is 9.15 Å². The van der Waals surface area contributed by atoms with Crippen LogP contribution in [0.5, 0.6) is 0 Å². The first-order valence-electron chi connectivity index (χ1n) is 6.53. The van der Waals surface area contributed by atoms with Gasteiger partial charge in [0.2, 0.25) is 0 Å². The number of fused-ring (bicyclic) bond motifs is 1. The maximum absolute atomic E-state index is 14.1. The molecule has 0 aliphatic heterocycles. The predicted octanol–water partition coefficient (Wildman–Crippen LogP) is 4.15. The lowest BCUT2D eigenvalue weighted by Gasteiger charge is -1.99. The number of carbonyl (C=O) groups excluding carboxylic acids is 1. The molecule has 112 valence electrons. The molecule has 4 nitrogen and oxygen atoms in total. The summed E-state index contributed by atoms with van der Waals surface area (Å²) in [5.41, 5.74) is 0.667. The summed E-state index contributed by atoms with van der Waals surface area (Å²) in [4.78, 5) is 15.2. The van der Waals surface area contributed by atoms with Crippen molar-refractivity contribution in [2.24, 2.45) is 0 Å². The van der Waals surface area contributed by atoms with Crippen LogP contribution >= 0.6 is 11.6 Å². The van der Waals surface area contributed by atoms with Crippen LogP contribution in [0.1, 0.15) is 30.7 Å². The number of aryl methyl sites for hydroxylation is 1. The highest BCUT2D eigenvalue weighted by atomic mass is 35.5. The maximum Gasteiger partial charge on any atom is 0.305 e. The summed E-state index contributed by atoms with van der Waals surface area (Å²) in [6.07, 6.45) is 3.57. The topological polar surface area (TPSA) is 52.3 Å². The Morgan fingerprint density at radius 3 is 3.00 bits per heavy atom. The van der Waals surface area contributed by atoms with Crippen LogP contribution in [0, 0.1) is 5.82 Å². The summed E-state index contributed by atoms with van der Waals surface area (Å²) in [5, 5.41) is 0.251. The summed E-state index contributed by atoms with van der Waals surface area (Å²) >= 11 is 5.95. The molecule has 0 bridgehead atoms. The molecule has 2 aromatic rings. The molecule has 2 rings (SSSR count). The molecular weight excluding hydrogens is 297 g/mol. The second kappa shape index (κ2) is 6.72. The van der Waals surface area contributed by atoms with E-state index in [1.165, 1.54) is 13.2 Å². The normalized spacial score (nSPS) is 10.8. The molecule has 1 aromatic carbocycles. The largest absolute Gasteiger partial charge is 0.469 e. The summed E-state index contributed by atoms with van der Waals surface area (Å²) < 4.78 is 24.1. The van der Waals surface area contributed by atoms with Crippen molar-refractivity contribution in [2.45, 2.75) is 25.7 Å². The van der Waals surface area contributed by atoms with Gasteiger partial charge in [-0.25, -0.2) is 9.37 Å². The molecule has 21 heavy (non-hydrogen) atoms. The molecule has 0 radical (unpaired) electrons. The molecule has 0 fully saturated rings. The van der Waals surface area contributed by atoms with Gasteiger partial charge in [-0.2, -0.15) is 0 Å². The number of hydrogen-bond acceptors (Lipinski definition) is 4. The van der Waals surface area contributed by atoms with Crippen LogP contribution in [0.3, 0.4) is 0 Å². The van der Waals surface area contributed by atoms with Crippen molar-refractivity contribution in [3.63, 3.8) is 0 Å². The lowest BCUT2D eigenvalue weighted by molar-refractivity contribution is -0.140. The molecule has 0 atom stereocenters. The number of aromatic nitrogens is 1. The minimum absolute atomic E-state index is 0.0808. The van der Waals surface area contributed by atoms with Crippen LogP contribution in [0.2, 0.25) is 5.02 Å². The number of ether oxygens (including phenoxy) is 1. The van der Waals surface area contributed by atoms with Gasteiger partial charge in [0.05, 0.1) is 12.1 Å². The van der Waals surface area contributed by atoms with Gasteiger partial charge in [0.15, 0.2) is 17.3 Å². The number of unbranched alkanes of at least 4 members (excludes halogenated alkanes) is 1. The minimum atomic E-state index is -0.555. The summed E-state index contributed by atoms with van der Waals surface area (Å²) in [6, 6.07) is 1.55. The van der Waals surface area contributed by atoms with Crippen molar-refractivity contribution in [2.75, 3.05) is 7.11 Å². The Balaban J connectivity index is 2.11. The fourth-order valence-electron chi connectivity index (χ4n) is 2.00. The van der Waals surface area contributed by atoms with Crippen LogP contribution in [0.25, 0.3) is 17.2 Å². The smallest absolute Gasteiger partial charge is 0.305 e. The van der Waals surface area contributed by atoms with E-state index in [4.69, 9.17) is 16.0 Å². The first-order chi connectivity index (χ1) is 10.1. The number of benzene rings is 1. The fourth-order valence-corrected chi connectivity index (χ4v) is 2.26. The van der Waals surface area contributed by atoms with E-state index in [2.05, 4.69) is 16.3 Å². The average molecular weight is 312 g/mol. The maximum atomic E-state index is 14.1. The zero-order valence-corrected chi connectivity index (χ0v) is 12.4. The third kappa shape index (κ3) is 3.42. The number of carbonyl (C=O) groups is 1. The molecule has 1 heterocycles. The highest BCUT2D eigenvalue weighted by Gasteiger charge is 2.16. The minimum Gasteiger partial charge on any atom is -0.469 e. The lowest BCUT2D eigenvalue weighted by Crippen LogP contribution is -1.99. The Morgan fingerprint density at radius 1 is 1.57 bits per heavy atom. The third-order valence-corrected chi connectivity index (χ3v) is 3.42. The molecule has 1 aromatic heterocycles. The van der Waals surface area contributed by atoms with Gasteiger partial charge in [-0.15, -0.1) is 0 Å². The van der Waals surface area contributed by atoms with Crippen LogP contribution in [-0.2, 0) is 16.0 Å². The summed E-state index contributed by atoms with van der Waals surface area (Å²) in [5.74, 6) is -0.382. The van der Waals surface area contributed by atoms with Crippen molar-refractivity contribution in [3.05, 3.63) is 34.9 Å². The van der Waals surface area contributed by atoms with E-state index >= 15 is 0 Å². The van der Waals surface area contributed by atoms with Gasteiger partial charge in [-0.1, -0.05) is 24.3 Å². The second-order valence-electron chi connectivity index (χ2n) is 4.53. The molecule has 0 saturated heterocycles. The van der Waals surface area contributed by atoms with Crippen LogP contribution in [-0.4, -0.2) is 18.1 Å². The van der Waals surface area contributed by atoms with Gasteiger partial charge in [0.1, 0.15) is 5.52 Å². The highest BCUT2D eigenvalue weighted by Crippen LogP contribution is 2.29. The number of nitrogens with zero attached hydrogens (tertiary/aromatic N) is 1. The van der Waals surface area contributed by atoms with Crippen LogP contribution in [0.15, 0.2) is 17.1 Å². The molecule has 0 amide bonds. The Kier molecular flexibility index (Phi) is 4.96. The van der Waals surface area contributed by atoms with Gasteiger partial charge in [0, 0.05) is 18.4 Å². The van der Waals surface area contributed by atoms with E-state index in [0.29, 0.717) is 37.1 Å².